The molecular formula is C30H39ClFN5O4S2. The van der Waals surface area contributed by atoms with Crippen molar-refractivity contribution in [1.29, 1.82) is 0 Å². The highest BCUT2D eigenvalue weighted by Crippen LogP contribution is 2.37. The standard InChI is InChI=1S/C30H39ClFN5O4S2/c1-5-36-18-21(19-36)35(2)27-9-7-6-8-25(27)34-26-16-24(32)29(15-23(26)31)43(38,39)37(30-33-12-13-42-30)17-20-10-11-22(40-3)14-28(20)41-4/h10-16,21,25,27,34H,5-9,17-19H2,1-4H3/t25-,27-/m0/s1. The van der Waals surface area contributed by atoms with Gasteiger partial charge >= 0.3 is 0 Å². The van der Waals surface area contributed by atoms with Crippen LogP contribution >= 0.6 is 22.9 Å². The first-order valence-electron chi connectivity index (χ1n) is 14.5. The van der Waals surface area contributed by atoms with E-state index in [-0.39, 0.29) is 28.8 Å². The minimum Gasteiger partial charge on any atom is -0.497 e. The fraction of sp³-hybridized carbons (Fsp3) is 0.500. The number of anilines is 2. The number of nitrogens with zero attached hydrogens (tertiary/aromatic N) is 4. The summed E-state index contributed by atoms with van der Waals surface area (Å²) >= 11 is 7.82. The fourth-order valence-electron chi connectivity index (χ4n) is 5.98. The Morgan fingerprint density at radius 1 is 1.16 bits per heavy atom. The zero-order chi connectivity index (χ0) is 30.7. The van der Waals surface area contributed by atoms with E-state index < -0.39 is 20.7 Å². The summed E-state index contributed by atoms with van der Waals surface area (Å²) < 4.78 is 55.7. The highest BCUT2D eigenvalue weighted by Gasteiger charge is 2.37. The summed E-state index contributed by atoms with van der Waals surface area (Å²) in [7, 11) is 0.788. The topological polar surface area (TPSA) is 87.2 Å². The van der Waals surface area contributed by atoms with E-state index in [0.29, 0.717) is 28.8 Å². The van der Waals surface area contributed by atoms with Gasteiger partial charge in [0.25, 0.3) is 10.0 Å². The normalized spacial score (nSPS) is 19.7. The molecule has 1 aliphatic carbocycles. The van der Waals surface area contributed by atoms with Crippen molar-refractivity contribution in [2.24, 2.45) is 0 Å². The second-order valence-corrected chi connectivity index (χ2v) is 14.2. The van der Waals surface area contributed by atoms with Crippen LogP contribution in [0.2, 0.25) is 5.02 Å². The molecule has 43 heavy (non-hydrogen) atoms. The van der Waals surface area contributed by atoms with Gasteiger partial charge in [-0.2, -0.15) is 0 Å². The number of thiazole rings is 1. The van der Waals surface area contributed by atoms with Gasteiger partial charge in [0.1, 0.15) is 22.2 Å². The first-order valence-corrected chi connectivity index (χ1v) is 17.2. The third kappa shape index (κ3) is 6.73. The van der Waals surface area contributed by atoms with Crippen molar-refractivity contribution in [1.82, 2.24) is 14.8 Å². The van der Waals surface area contributed by atoms with Gasteiger partial charge in [-0.25, -0.2) is 22.1 Å². The largest absolute Gasteiger partial charge is 0.497 e. The molecule has 0 radical (unpaired) electrons. The molecule has 13 heteroatoms. The molecule has 1 saturated carbocycles. The minimum atomic E-state index is -4.41. The average molecular weight is 652 g/mol. The van der Waals surface area contributed by atoms with E-state index in [1.54, 1.807) is 23.6 Å². The lowest BCUT2D eigenvalue weighted by atomic mass is 9.87. The molecule has 1 saturated heterocycles. The van der Waals surface area contributed by atoms with Crippen LogP contribution in [-0.2, 0) is 16.6 Å². The highest BCUT2D eigenvalue weighted by atomic mass is 35.5. The first kappa shape index (κ1) is 31.8. The number of aromatic nitrogens is 1. The molecule has 1 aromatic heterocycles. The number of rotatable bonds is 12. The Labute approximate surface area is 262 Å². The molecule has 0 unspecified atom stereocenters. The lowest BCUT2D eigenvalue weighted by Crippen LogP contribution is -2.63. The van der Waals surface area contributed by atoms with Crippen molar-refractivity contribution in [3.8, 4) is 11.5 Å². The first-order chi connectivity index (χ1) is 20.7. The number of halogens is 2. The quantitative estimate of drug-likeness (QED) is 0.267. The summed E-state index contributed by atoms with van der Waals surface area (Å²) in [6.07, 6.45) is 5.69. The van der Waals surface area contributed by atoms with Crippen LogP contribution in [0.4, 0.5) is 15.2 Å². The Bertz CT molecular complexity index is 1500. The van der Waals surface area contributed by atoms with Crippen LogP contribution in [0.5, 0.6) is 11.5 Å². The number of hydrogen-bond donors (Lipinski definition) is 1. The Kier molecular flexibility index (Phi) is 10.0. The molecule has 0 bridgehead atoms. The van der Waals surface area contributed by atoms with Crippen LogP contribution in [-0.4, -0.2) is 82.2 Å². The van der Waals surface area contributed by atoms with Gasteiger partial charge in [-0.05, 0) is 50.7 Å². The van der Waals surface area contributed by atoms with Crippen LogP contribution in [0.25, 0.3) is 0 Å². The number of likely N-dealkylation sites (tertiary alicyclic amines) is 1. The molecule has 2 heterocycles. The molecule has 5 rings (SSSR count). The van der Waals surface area contributed by atoms with Crippen molar-refractivity contribution in [3.05, 3.63) is 58.3 Å². The van der Waals surface area contributed by atoms with E-state index in [1.807, 2.05) is 0 Å². The minimum absolute atomic E-state index is 0.0723. The summed E-state index contributed by atoms with van der Waals surface area (Å²) in [5.41, 5.74) is 0.956. The van der Waals surface area contributed by atoms with Crippen LogP contribution in [0.3, 0.4) is 0 Å². The third-order valence-electron chi connectivity index (χ3n) is 8.59. The molecule has 2 fully saturated rings. The van der Waals surface area contributed by atoms with Gasteiger partial charge in [0.2, 0.25) is 0 Å². The van der Waals surface area contributed by atoms with Crippen LogP contribution in [0, 0.1) is 5.82 Å². The van der Waals surface area contributed by atoms with E-state index in [4.69, 9.17) is 21.1 Å². The predicted molar refractivity (Wildman–Crippen MR) is 170 cm³/mol. The lowest BCUT2D eigenvalue weighted by molar-refractivity contribution is 0.0154. The maximum Gasteiger partial charge on any atom is 0.269 e. The Morgan fingerprint density at radius 2 is 1.93 bits per heavy atom. The van der Waals surface area contributed by atoms with Gasteiger partial charge < -0.3 is 19.7 Å². The Hall–Kier alpha value is -2.64. The Balaban J connectivity index is 1.41. The van der Waals surface area contributed by atoms with Crippen LogP contribution < -0.4 is 19.1 Å². The molecule has 2 aliphatic rings. The van der Waals surface area contributed by atoms with Crippen molar-refractivity contribution >= 4 is 43.8 Å². The van der Waals surface area contributed by atoms with Gasteiger partial charge in [-0.1, -0.05) is 31.4 Å². The van der Waals surface area contributed by atoms with E-state index in [1.165, 1.54) is 32.5 Å². The molecular weight excluding hydrogens is 613 g/mol. The number of sulfonamides is 1. The van der Waals surface area contributed by atoms with Crippen molar-refractivity contribution in [3.63, 3.8) is 0 Å². The summed E-state index contributed by atoms with van der Waals surface area (Å²) in [6.45, 7) is 5.20. The second kappa shape index (κ2) is 13.6. The molecule has 3 aromatic rings. The monoisotopic (exact) mass is 651 g/mol. The van der Waals surface area contributed by atoms with Crippen molar-refractivity contribution in [2.75, 3.05) is 50.5 Å². The zero-order valence-corrected chi connectivity index (χ0v) is 27.3. The maximum absolute atomic E-state index is 15.8. The summed E-state index contributed by atoms with van der Waals surface area (Å²) in [6, 6.07) is 8.34. The summed E-state index contributed by atoms with van der Waals surface area (Å²) in [5.74, 6) is 0.117. The maximum atomic E-state index is 15.8. The number of ether oxygens (including phenoxy) is 2. The third-order valence-corrected chi connectivity index (χ3v) is 11.6. The van der Waals surface area contributed by atoms with Crippen molar-refractivity contribution in [2.45, 2.75) is 62.2 Å². The number of hydrogen-bond acceptors (Lipinski definition) is 9. The smallest absolute Gasteiger partial charge is 0.269 e. The van der Waals surface area contributed by atoms with E-state index >= 15 is 4.39 Å². The molecule has 9 nitrogen and oxygen atoms in total. The molecule has 1 N–H and O–H groups in total. The fourth-order valence-corrected chi connectivity index (χ4v) is 8.61. The number of likely N-dealkylation sites (N-methyl/N-ethyl adjacent to an activating group) is 2. The van der Waals surface area contributed by atoms with Gasteiger partial charge in [-0.3, -0.25) is 4.90 Å². The SMILES string of the molecule is CCN1CC(N(C)[C@H]2CCCC[C@@H]2Nc2cc(F)c(S(=O)(=O)N(Cc3ccc(OC)cc3OC)c3nccs3)cc2Cl)C1. The number of nitrogens with one attached hydrogen (secondary N) is 1. The van der Waals surface area contributed by atoms with Gasteiger partial charge in [0.05, 0.1) is 31.5 Å². The second-order valence-electron chi connectivity index (χ2n) is 11.0. The summed E-state index contributed by atoms with van der Waals surface area (Å²) in [5, 5.41) is 5.49. The number of benzene rings is 2. The molecule has 2 atom stereocenters. The Morgan fingerprint density at radius 3 is 2.60 bits per heavy atom. The van der Waals surface area contributed by atoms with Gasteiger partial charge in [-0.15, -0.1) is 11.3 Å². The highest BCUT2D eigenvalue weighted by molar-refractivity contribution is 7.93. The predicted octanol–water partition coefficient (Wildman–Crippen LogP) is 5.71. The van der Waals surface area contributed by atoms with Crippen LogP contribution in [0.15, 0.2) is 46.8 Å². The molecule has 0 spiro atoms. The number of methoxy groups -OCH3 is 2. The van der Waals surface area contributed by atoms with Gasteiger partial charge in [0.15, 0.2) is 5.13 Å². The van der Waals surface area contributed by atoms with E-state index in [2.05, 4.69) is 34.1 Å². The zero-order valence-electron chi connectivity index (χ0n) is 24.9. The molecule has 234 valence electrons. The van der Waals surface area contributed by atoms with Crippen LogP contribution in [0.1, 0.15) is 38.2 Å². The van der Waals surface area contributed by atoms with Crippen molar-refractivity contribution < 1.29 is 22.3 Å². The lowest BCUT2D eigenvalue weighted by Gasteiger charge is -2.49. The molecule has 1 aliphatic heterocycles. The van der Waals surface area contributed by atoms with E-state index in [0.717, 1.165) is 61.0 Å². The van der Waals surface area contributed by atoms with E-state index in [9.17, 15) is 8.42 Å². The summed E-state index contributed by atoms with van der Waals surface area (Å²) in [4.78, 5) is 8.57. The molecule has 2 aromatic carbocycles. The molecule has 0 amide bonds. The average Bonchev–Trinajstić information content (AvgIpc) is 3.51. The van der Waals surface area contributed by atoms with Gasteiger partial charge in [0, 0.05) is 54.4 Å².